The lowest BCUT2D eigenvalue weighted by atomic mass is 9.98. The van der Waals surface area contributed by atoms with E-state index in [4.69, 9.17) is 5.26 Å². The minimum atomic E-state index is -2.53. The van der Waals surface area contributed by atoms with Crippen molar-refractivity contribution in [2.45, 2.75) is 64.7 Å². The standard InChI is InChI=1S/C25H31F2N7O/c1-5-18-14-34(21-11-23(35)31(4)22-15-32(10-9-28)30-24(21)22)19(6-2)13-33(18)16(3)20-8-7-17(12-29-20)25(26)27/h7-8,11-12,15-16,18-19,25H,5-6,10,13-14H2,1-4H3/t16-,18-,19+/m1/s1. The van der Waals surface area contributed by atoms with Gasteiger partial charge in [0, 0.05) is 56.1 Å². The molecule has 0 aliphatic carbocycles. The lowest BCUT2D eigenvalue weighted by Gasteiger charge is -2.49. The summed E-state index contributed by atoms with van der Waals surface area (Å²) in [5.41, 5.74) is 2.77. The normalized spacial score (nSPS) is 19.9. The van der Waals surface area contributed by atoms with Crippen LogP contribution in [0.25, 0.3) is 11.0 Å². The minimum absolute atomic E-state index is 0.0404. The summed E-state index contributed by atoms with van der Waals surface area (Å²) in [6, 6.07) is 7.14. The molecule has 4 rings (SSSR count). The monoisotopic (exact) mass is 483 g/mol. The third kappa shape index (κ3) is 4.65. The van der Waals surface area contributed by atoms with Gasteiger partial charge in [-0.1, -0.05) is 13.8 Å². The Kier molecular flexibility index (Phi) is 7.17. The zero-order chi connectivity index (χ0) is 25.3. The average Bonchev–Trinajstić information content (AvgIpc) is 3.29. The molecule has 8 nitrogen and oxygen atoms in total. The van der Waals surface area contributed by atoms with Crippen molar-refractivity contribution in [1.82, 2.24) is 24.2 Å². The number of rotatable bonds is 7. The fraction of sp³-hybridized carbons (Fsp3) is 0.520. The van der Waals surface area contributed by atoms with Crippen molar-refractivity contribution in [3.05, 3.63) is 52.2 Å². The molecular formula is C25H31F2N7O. The third-order valence-electron chi connectivity index (χ3n) is 7.15. The molecule has 0 radical (unpaired) electrons. The predicted molar refractivity (Wildman–Crippen MR) is 130 cm³/mol. The van der Waals surface area contributed by atoms with Crippen molar-refractivity contribution in [3.63, 3.8) is 0 Å². The van der Waals surface area contributed by atoms with Crippen LogP contribution < -0.4 is 10.5 Å². The van der Waals surface area contributed by atoms with E-state index in [1.165, 1.54) is 12.3 Å². The van der Waals surface area contributed by atoms with Gasteiger partial charge in [0.25, 0.3) is 12.0 Å². The van der Waals surface area contributed by atoms with Crippen LogP contribution in [0, 0.1) is 11.3 Å². The molecule has 0 spiro atoms. The fourth-order valence-corrected chi connectivity index (χ4v) is 5.03. The SMILES string of the molecule is CC[C@H]1CN([C@H](C)c2ccc(C(F)F)cn2)[C@H](CC)CN1c1cc(=O)n(C)c2cn(CC#N)nc12. The lowest BCUT2D eigenvalue weighted by molar-refractivity contribution is 0.0989. The van der Waals surface area contributed by atoms with Crippen LogP contribution in [0.4, 0.5) is 14.5 Å². The van der Waals surface area contributed by atoms with Crippen LogP contribution in [0.2, 0.25) is 0 Å². The molecule has 0 bridgehead atoms. The van der Waals surface area contributed by atoms with Gasteiger partial charge >= 0.3 is 0 Å². The van der Waals surface area contributed by atoms with Crippen molar-refractivity contribution in [2.75, 3.05) is 18.0 Å². The Bertz CT molecular complexity index is 1280. The highest BCUT2D eigenvalue weighted by atomic mass is 19.3. The van der Waals surface area contributed by atoms with Gasteiger partial charge in [-0.15, -0.1) is 0 Å². The van der Waals surface area contributed by atoms with Gasteiger partial charge in [-0.25, -0.2) is 8.78 Å². The topological polar surface area (TPSA) is 83.0 Å². The Morgan fingerprint density at radius 3 is 2.54 bits per heavy atom. The van der Waals surface area contributed by atoms with Crippen LogP contribution in [-0.2, 0) is 13.6 Å². The van der Waals surface area contributed by atoms with Gasteiger partial charge in [0.05, 0.1) is 29.2 Å². The number of hydrogen-bond acceptors (Lipinski definition) is 6. The second-order valence-corrected chi connectivity index (χ2v) is 9.11. The second kappa shape index (κ2) is 10.1. The van der Waals surface area contributed by atoms with Crippen LogP contribution in [0.5, 0.6) is 0 Å². The maximum Gasteiger partial charge on any atom is 0.265 e. The molecule has 4 heterocycles. The predicted octanol–water partition coefficient (Wildman–Crippen LogP) is 4.03. The van der Waals surface area contributed by atoms with Crippen LogP contribution >= 0.6 is 0 Å². The van der Waals surface area contributed by atoms with Crippen molar-refractivity contribution >= 4 is 16.7 Å². The highest BCUT2D eigenvalue weighted by Gasteiger charge is 2.36. The van der Waals surface area contributed by atoms with Crippen molar-refractivity contribution in [1.29, 1.82) is 5.26 Å². The molecule has 1 aliphatic rings. The van der Waals surface area contributed by atoms with E-state index in [1.807, 2.05) is 0 Å². The van der Waals surface area contributed by atoms with Crippen molar-refractivity contribution < 1.29 is 8.78 Å². The fourth-order valence-electron chi connectivity index (χ4n) is 5.03. The third-order valence-corrected chi connectivity index (χ3v) is 7.15. The molecule has 186 valence electrons. The molecule has 35 heavy (non-hydrogen) atoms. The Labute approximate surface area is 203 Å². The van der Waals surface area contributed by atoms with E-state index < -0.39 is 6.43 Å². The number of hydrogen-bond donors (Lipinski definition) is 0. The van der Waals surface area contributed by atoms with Gasteiger partial charge < -0.3 is 9.47 Å². The van der Waals surface area contributed by atoms with Gasteiger partial charge in [-0.3, -0.25) is 19.4 Å². The average molecular weight is 484 g/mol. The van der Waals surface area contributed by atoms with Crippen molar-refractivity contribution in [2.24, 2.45) is 7.05 Å². The Hall–Kier alpha value is -3.32. The zero-order valence-corrected chi connectivity index (χ0v) is 20.5. The molecule has 0 saturated carbocycles. The molecule has 3 atom stereocenters. The molecule has 10 heteroatoms. The first-order valence-corrected chi connectivity index (χ1v) is 12.0. The summed E-state index contributed by atoms with van der Waals surface area (Å²) in [7, 11) is 1.71. The maximum absolute atomic E-state index is 13.0. The zero-order valence-electron chi connectivity index (χ0n) is 20.5. The quantitative estimate of drug-likeness (QED) is 0.505. The number of alkyl halides is 2. The number of halogens is 2. The Balaban J connectivity index is 1.69. The molecule has 0 aromatic carbocycles. The van der Waals surface area contributed by atoms with Gasteiger partial charge in [-0.05, 0) is 31.9 Å². The number of aromatic nitrogens is 4. The summed E-state index contributed by atoms with van der Waals surface area (Å²) in [5.74, 6) is 0. The molecule has 3 aromatic heterocycles. The second-order valence-electron chi connectivity index (χ2n) is 9.11. The van der Waals surface area contributed by atoms with E-state index in [0.29, 0.717) is 17.6 Å². The number of nitrogens with zero attached hydrogens (tertiary/aromatic N) is 7. The number of anilines is 1. The van der Waals surface area contributed by atoms with Crippen molar-refractivity contribution in [3.8, 4) is 6.07 Å². The summed E-state index contributed by atoms with van der Waals surface area (Å²) in [6.45, 7) is 7.86. The summed E-state index contributed by atoms with van der Waals surface area (Å²) < 4.78 is 29.1. The molecule has 0 unspecified atom stereocenters. The van der Waals surface area contributed by atoms with Crippen LogP contribution in [-0.4, -0.2) is 49.4 Å². The highest BCUT2D eigenvalue weighted by Crippen LogP contribution is 2.34. The molecular weight excluding hydrogens is 452 g/mol. The van der Waals surface area contributed by atoms with E-state index in [9.17, 15) is 13.6 Å². The van der Waals surface area contributed by atoms with Crippen LogP contribution in [0.15, 0.2) is 35.4 Å². The molecule has 1 saturated heterocycles. The summed E-state index contributed by atoms with van der Waals surface area (Å²) in [6.07, 6.45) is 2.21. The van der Waals surface area contributed by atoms with Crippen LogP contribution in [0.1, 0.15) is 57.3 Å². The molecule has 0 amide bonds. The smallest absolute Gasteiger partial charge is 0.265 e. The van der Waals surface area contributed by atoms with E-state index >= 15 is 0 Å². The Morgan fingerprint density at radius 1 is 1.20 bits per heavy atom. The lowest BCUT2D eigenvalue weighted by Crippen LogP contribution is -2.59. The minimum Gasteiger partial charge on any atom is -0.364 e. The van der Waals surface area contributed by atoms with E-state index in [-0.39, 0.29) is 35.8 Å². The summed E-state index contributed by atoms with van der Waals surface area (Å²) in [5, 5.41) is 13.7. The van der Waals surface area contributed by atoms with Crippen LogP contribution in [0.3, 0.4) is 0 Å². The maximum atomic E-state index is 13.0. The van der Waals surface area contributed by atoms with Gasteiger partial charge in [0.1, 0.15) is 12.1 Å². The first-order valence-electron chi connectivity index (χ1n) is 12.0. The van der Waals surface area contributed by atoms with Gasteiger partial charge in [-0.2, -0.15) is 10.4 Å². The number of aryl methyl sites for hydroxylation is 1. The molecule has 1 fully saturated rings. The number of nitriles is 1. The number of fused-ring (bicyclic) bond motifs is 1. The number of pyridine rings is 2. The molecule has 0 N–H and O–H groups in total. The number of piperazine rings is 1. The van der Waals surface area contributed by atoms with E-state index in [0.717, 1.165) is 30.8 Å². The molecule has 3 aromatic rings. The van der Waals surface area contributed by atoms with Gasteiger partial charge in [0.2, 0.25) is 0 Å². The first kappa shape index (κ1) is 24.8. The Morgan fingerprint density at radius 2 is 1.94 bits per heavy atom. The summed E-state index contributed by atoms with van der Waals surface area (Å²) >= 11 is 0. The first-order chi connectivity index (χ1) is 16.8. The van der Waals surface area contributed by atoms with Gasteiger partial charge in [0.15, 0.2) is 0 Å². The summed E-state index contributed by atoms with van der Waals surface area (Å²) in [4.78, 5) is 21.8. The molecule has 1 aliphatic heterocycles. The highest BCUT2D eigenvalue weighted by molar-refractivity contribution is 5.88. The van der Waals surface area contributed by atoms with E-state index in [1.54, 1.807) is 34.6 Å². The van der Waals surface area contributed by atoms with E-state index in [2.05, 4.69) is 46.7 Å². The largest absolute Gasteiger partial charge is 0.364 e.